The molecule has 5 nitrogen and oxygen atoms in total. The quantitative estimate of drug-likeness (QED) is 0.859. The maximum atomic E-state index is 12.5. The minimum absolute atomic E-state index is 0.317. The third kappa shape index (κ3) is 2.06. The van der Waals surface area contributed by atoms with Gasteiger partial charge in [0.1, 0.15) is 11.7 Å². The average molecular weight is 334 g/mol. The summed E-state index contributed by atoms with van der Waals surface area (Å²) in [7, 11) is 0. The van der Waals surface area contributed by atoms with E-state index in [0.29, 0.717) is 17.8 Å². The second kappa shape index (κ2) is 4.86. The Morgan fingerprint density at radius 2 is 2.15 bits per heavy atom. The molecule has 1 aliphatic rings. The summed E-state index contributed by atoms with van der Waals surface area (Å²) in [6, 6.07) is 8.92. The number of aryl methyl sites for hydroxylation is 1. The van der Waals surface area contributed by atoms with E-state index < -0.39 is 5.92 Å². The van der Waals surface area contributed by atoms with E-state index in [1.54, 1.807) is 24.3 Å². The zero-order valence-corrected chi connectivity index (χ0v) is 12.3. The van der Waals surface area contributed by atoms with Gasteiger partial charge in [-0.25, -0.2) is 0 Å². The minimum Gasteiger partial charge on any atom is -0.309 e. The van der Waals surface area contributed by atoms with Crippen molar-refractivity contribution in [1.82, 2.24) is 9.78 Å². The largest absolute Gasteiger partial charge is 0.309 e. The van der Waals surface area contributed by atoms with E-state index in [-0.39, 0.29) is 11.8 Å². The molecule has 1 aliphatic heterocycles. The lowest BCUT2D eigenvalue weighted by molar-refractivity contribution is -0.117. The number of anilines is 1. The van der Waals surface area contributed by atoms with Crippen molar-refractivity contribution in [3.63, 3.8) is 0 Å². The van der Waals surface area contributed by atoms with E-state index in [4.69, 9.17) is 0 Å². The van der Waals surface area contributed by atoms with Crippen LogP contribution in [0.3, 0.4) is 0 Å². The molecule has 0 radical (unpaired) electrons. The van der Waals surface area contributed by atoms with Gasteiger partial charge in [-0.15, -0.1) is 0 Å². The topological polar surface area (TPSA) is 64.0 Å². The molecule has 0 fully saturated rings. The SMILES string of the molecule is CCc1cc2n(n1)C(=O)C(c1cccc(Br)c1)C(=O)N2. The first-order chi connectivity index (χ1) is 9.60. The predicted molar refractivity (Wildman–Crippen MR) is 77.7 cm³/mol. The fraction of sp³-hybridized carbons (Fsp3) is 0.214. The van der Waals surface area contributed by atoms with Gasteiger partial charge in [0.25, 0.3) is 5.91 Å². The predicted octanol–water partition coefficient (Wildman–Crippen LogP) is 2.58. The van der Waals surface area contributed by atoms with Crippen LogP contribution in [-0.4, -0.2) is 21.6 Å². The van der Waals surface area contributed by atoms with Gasteiger partial charge in [0.2, 0.25) is 5.91 Å². The monoisotopic (exact) mass is 333 g/mol. The molecule has 2 aromatic rings. The number of halogens is 1. The molecule has 1 aromatic carbocycles. The fourth-order valence-electron chi connectivity index (χ4n) is 2.27. The number of nitrogens with zero attached hydrogens (tertiary/aromatic N) is 2. The summed E-state index contributed by atoms with van der Waals surface area (Å²) in [6.45, 7) is 1.95. The van der Waals surface area contributed by atoms with E-state index in [0.717, 1.165) is 10.2 Å². The highest BCUT2D eigenvalue weighted by atomic mass is 79.9. The summed E-state index contributed by atoms with van der Waals surface area (Å²) in [5, 5.41) is 6.96. The summed E-state index contributed by atoms with van der Waals surface area (Å²) in [5.41, 5.74) is 1.43. The Bertz CT molecular complexity index is 708. The van der Waals surface area contributed by atoms with Crippen molar-refractivity contribution in [2.24, 2.45) is 0 Å². The molecular formula is C14H12BrN3O2. The number of hydrogen-bond donors (Lipinski definition) is 1. The van der Waals surface area contributed by atoms with Gasteiger partial charge in [-0.1, -0.05) is 35.0 Å². The van der Waals surface area contributed by atoms with Gasteiger partial charge in [0.05, 0.1) is 5.69 Å². The van der Waals surface area contributed by atoms with Crippen LogP contribution in [0.1, 0.15) is 28.9 Å². The molecule has 2 heterocycles. The molecule has 20 heavy (non-hydrogen) atoms. The summed E-state index contributed by atoms with van der Waals surface area (Å²) < 4.78 is 2.11. The van der Waals surface area contributed by atoms with Gasteiger partial charge in [-0.3, -0.25) is 9.59 Å². The Kier molecular flexibility index (Phi) is 3.17. The van der Waals surface area contributed by atoms with Crippen molar-refractivity contribution < 1.29 is 9.59 Å². The van der Waals surface area contributed by atoms with E-state index >= 15 is 0 Å². The van der Waals surface area contributed by atoms with Crippen LogP contribution in [0.25, 0.3) is 0 Å². The molecule has 0 aliphatic carbocycles. The Hall–Kier alpha value is -1.95. The van der Waals surface area contributed by atoms with Gasteiger partial charge in [0.15, 0.2) is 0 Å². The molecular weight excluding hydrogens is 322 g/mol. The number of carbonyl (C=O) groups excluding carboxylic acids is 2. The number of amides is 1. The number of nitrogens with one attached hydrogen (secondary N) is 1. The van der Waals surface area contributed by atoms with Gasteiger partial charge in [-0.05, 0) is 24.1 Å². The summed E-state index contributed by atoms with van der Waals surface area (Å²) in [6.07, 6.45) is 0.713. The third-order valence-electron chi connectivity index (χ3n) is 3.27. The maximum Gasteiger partial charge on any atom is 0.265 e. The summed E-state index contributed by atoms with van der Waals surface area (Å²) in [4.78, 5) is 24.7. The second-order valence-electron chi connectivity index (χ2n) is 4.60. The van der Waals surface area contributed by atoms with Crippen molar-refractivity contribution in [3.05, 3.63) is 46.1 Å². The fourth-order valence-corrected chi connectivity index (χ4v) is 2.69. The number of rotatable bonds is 2. The lowest BCUT2D eigenvalue weighted by atomic mass is 9.96. The van der Waals surface area contributed by atoms with Gasteiger partial charge >= 0.3 is 0 Å². The first kappa shape index (κ1) is 13.1. The van der Waals surface area contributed by atoms with Gasteiger partial charge in [0, 0.05) is 10.5 Å². The normalized spacial score (nSPS) is 17.8. The molecule has 6 heteroatoms. The van der Waals surface area contributed by atoms with E-state index in [9.17, 15) is 9.59 Å². The van der Waals surface area contributed by atoms with Crippen LogP contribution in [0, 0.1) is 0 Å². The number of hydrogen-bond acceptors (Lipinski definition) is 3. The third-order valence-corrected chi connectivity index (χ3v) is 3.77. The molecule has 1 unspecified atom stereocenters. The molecule has 1 N–H and O–H groups in total. The highest BCUT2D eigenvalue weighted by Gasteiger charge is 2.36. The van der Waals surface area contributed by atoms with E-state index in [1.807, 2.05) is 13.0 Å². The highest BCUT2D eigenvalue weighted by molar-refractivity contribution is 9.10. The molecule has 1 atom stereocenters. The zero-order valence-electron chi connectivity index (χ0n) is 10.8. The molecule has 0 spiro atoms. The summed E-state index contributed by atoms with van der Waals surface area (Å²) >= 11 is 3.35. The molecule has 0 bridgehead atoms. The Morgan fingerprint density at radius 3 is 2.85 bits per heavy atom. The standard InChI is InChI=1S/C14H12BrN3O2/c1-2-10-7-11-16-13(19)12(14(20)18(11)17-10)8-4-3-5-9(15)6-8/h3-7,12H,2H2,1H3,(H,16,19). The summed E-state index contributed by atoms with van der Waals surface area (Å²) in [5.74, 6) is -1.04. The molecule has 1 aromatic heterocycles. The number of carbonyl (C=O) groups is 2. The molecule has 3 rings (SSSR count). The van der Waals surface area contributed by atoms with Crippen molar-refractivity contribution in [1.29, 1.82) is 0 Å². The molecule has 0 saturated carbocycles. The van der Waals surface area contributed by atoms with E-state index in [2.05, 4.69) is 26.3 Å². The van der Waals surface area contributed by atoms with Crippen LogP contribution < -0.4 is 5.32 Å². The molecule has 0 saturated heterocycles. The van der Waals surface area contributed by atoms with Crippen LogP contribution >= 0.6 is 15.9 Å². The average Bonchev–Trinajstić information content (AvgIpc) is 2.82. The molecule has 1 amide bonds. The smallest absolute Gasteiger partial charge is 0.265 e. The number of fused-ring (bicyclic) bond motifs is 1. The van der Waals surface area contributed by atoms with Gasteiger partial charge in [-0.2, -0.15) is 9.78 Å². The zero-order chi connectivity index (χ0) is 14.3. The first-order valence-electron chi connectivity index (χ1n) is 6.29. The minimum atomic E-state index is -0.857. The van der Waals surface area contributed by atoms with Crippen molar-refractivity contribution >= 4 is 33.6 Å². The Balaban J connectivity index is 2.06. The van der Waals surface area contributed by atoms with Crippen molar-refractivity contribution in [2.75, 3.05) is 5.32 Å². The highest BCUT2D eigenvalue weighted by Crippen LogP contribution is 2.28. The Labute approximate surface area is 124 Å². The van der Waals surface area contributed by atoms with Crippen molar-refractivity contribution in [2.45, 2.75) is 19.3 Å². The second-order valence-corrected chi connectivity index (χ2v) is 5.52. The maximum absolute atomic E-state index is 12.5. The van der Waals surface area contributed by atoms with Gasteiger partial charge < -0.3 is 5.32 Å². The van der Waals surface area contributed by atoms with Crippen LogP contribution in [0.4, 0.5) is 5.82 Å². The van der Waals surface area contributed by atoms with Crippen molar-refractivity contribution in [3.8, 4) is 0 Å². The van der Waals surface area contributed by atoms with Crippen LogP contribution in [-0.2, 0) is 11.2 Å². The lowest BCUT2D eigenvalue weighted by Crippen LogP contribution is -2.38. The van der Waals surface area contributed by atoms with E-state index in [1.165, 1.54) is 4.68 Å². The first-order valence-corrected chi connectivity index (χ1v) is 7.09. The number of aromatic nitrogens is 2. The molecule has 102 valence electrons. The Morgan fingerprint density at radius 1 is 1.35 bits per heavy atom. The van der Waals surface area contributed by atoms with Crippen LogP contribution in [0.5, 0.6) is 0 Å². The number of benzene rings is 1. The van der Waals surface area contributed by atoms with Crippen LogP contribution in [0.15, 0.2) is 34.8 Å². The lowest BCUT2D eigenvalue weighted by Gasteiger charge is -2.22. The van der Waals surface area contributed by atoms with Crippen LogP contribution in [0.2, 0.25) is 0 Å².